The summed E-state index contributed by atoms with van der Waals surface area (Å²) >= 11 is 14.0. The number of hydrogen-bond acceptors (Lipinski definition) is 6. The molecule has 2 aromatic heterocycles. The van der Waals surface area contributed by atoms with Crippen LogP contribution in [0.25, 0.3) is 11.3 Å². The van der Waals surface area contributed by atoms with E-state index in [9.17, 15) is 14.7 Å². The highest BCUT2D eigenvalue weighted by atomic mass is 35.5. The average Bonchev–Trinajstić information content (AvgIpc) is 3.60. The smallest absolute Gasteiger partial charge is 0.326 e. The van der Waals surface area contributed by atoms with Crippen molar-refractivity contribution in [3.63, 3.8) is 0 Å². The normalized spacial score (nSPS) is 14.8. The van der Waals surface area contributed by atoms with Gasteiger partial charge in [-0.3, -0.25) is 4.79 Å². The first kappa shape index (κ1) is 27.2. The Morgan fingerprint density at radius 3 is 2.62 bits per heavy atom. The first-order valence-electron chi connectivity index (χ1n) is 12.6. The largest absolute Gasteiger partial charge is 0.480 e. The highest BCUT2D eigenvalue weighted by Gasteiger charge is 2.30. The zero-order valence-electron chi connectivity index (χ0n) is 21.0. The summed E-state index contributed by atoms with van der Waals surface area (Å²) < 4.78 is 1.91. The van der Waals surface area contributed by atoms with E-state index in [0.717, 1.165) is 22.0 Å². The molecule has 0 aliphatic carbocycles. The maximum Gasteiger partial charge on any atom is 0.326 e. The molecule has 0 spiro atoms. The van der Waals surface area contributed by atoms with Gasteiger partial charge in [0, 0.05) is 49.1 Å². The summed E-state index contributed by atoms with van der Waals surface area (Å²) in [6, 6.07) is 14.4. The molecule has 0 bridgehead atoms. The van der Waals surface area contributed by atoms with Crippen molar-refractivity contribution in [1.82, 2.24) is 19.9 Å². The van der Waals surface area contributed by atoms with Gasteiger partial charge in [0.15, 0.2) is 5.13 Å². The van der Waals surface area contributed by atoms with Gasteiger partial charge in [0.25, 0.3) is 0 Å². The Labute approximate surface area is 240 Å². The topological polar surface area (TPSA) is 100 Å². The lowest BCUT2D eigenvalue weighted by molar-refractivity contribution is -0.142. The molecule has 0 saturated carbocycles. The quantitative estimate of drug-likeness (QED) is 0.274. The Hall–Kier alpha value is -3.40. The van der Waals surface area contributed by atoms with Crippen molar-refractivity contribution in [3.8, 4) is 11.3 Å². The number of nitrogens with zero attached hydrogens (tertiary/aromatic N) is 4. The van der Waals surface area contributed by atoms with Crippen LogP contribution in [0, 0.1) is 5.92 Å². The molecule has 11 heteroatoms. The van der Waals surface area contributed by atoms with Crippen molar-refractivity contribution >= 4 is 51.5 Å². The lowest BCUT2D eigenvalue weighted by Crippen LogP contribution is -2.47. The summed E-state index contributed by atoms with van der Waals surface area (Å²) in [6.07, 6.45) is 4.85. The molecular weight excluding hydrogens is 557 g/mol. The molecule has 3 heterocycles. The molecule has 1 atom stereocenters. The van der Waals surface area contributed by atoms with Crippen molar-refractivity contribution in [2.24, 2.45) is 5.92 Å². The highest BCUT2D eigenvalue weighted by molar-refractivity contribution is 7.14. The van der Waals surface area contributed by atoms with Gasteiger partial charge in [0.2, 0.25) is 5.91 Å². The third-order valence-electron chi connectivity index (χ3n) is 6.78. The number of hydrogen-bond donors (Lipinski definition) is 2. The Morgan fingerprint density at radius 2 is 1.87 bits per heavy atom. The van der Waals surface area contributed by atoms with Crippen LogP contribution in [-0.2, 0) is 22.6 Å². The van der Waals surface area contributed by atoms with Gasteiger partial charge in [-0.15, -0.1) is 11.3 Å². The lowest BCUT2D eigenvalue weighted by Gasteiger charge is -2.31. The molecule has 1 fully saturated rings. The number of carbonyl (C=O) groups is 2. The fourth-order valence-electron chi connectivity index (χ4n) is 4.66. The molecule has 39 heavy (non-hydrogen) atoms. The molecule has 0 radical (unpaired) electrons. The summed E-state index contributed by atoms with van der Waals surface area (Å²) in [5.41, 5.74) is 3.29. The Bertz CT molecular complexity index is 1450. The maximum absolute atomic E-state index is 13.0. The first-order valence-corrected chi connectivity index (χ1v) is 14.2. The van der Waals surface area contributed by atoms with Gasteiger partial charge >= 0.3 is 5.97 Å². The lowest BCUT2D eigenvalue weighted by atomic mass is 9.95. The number of aromatic nitrogens is 3. The molecule has 1 amide bonds. The number of benzene rings is 2. The number of anilines is 1. The number of rotatable bonds is 9. The minimum Gasteiger partial charge on any atom is -0.480 e. The van der Waals surface area contributed by atoms with Crippen LogP contribution in [0.5, 0.6) is 0 Å². The van der Waals surface area contributed by atoms with Crippen molar-refractivity contribution in [3.05, 3.63) is 87.7 Å². The fraction of sp³-hybridized carbons (Fsp3) is 0.286. The van der Waals surface area contributed by atoms with Gasteiger partial charge in [-0.05, 0) is 24.5 Å². The third kappa shape index (κ3) is 6.61. The molecule has 1 aliphatic rings. The number of carbonyl (C=O) groups excluding carboxylic acids is 1. The Kier molecular flexibility index (Phi) is 8.50. The number of amides is 1. The van der Waals surface area contributed by atoms with Crippen molar-refractivity contribution in [2.75, 3.05) is 18.0 Å². The average molecular weight is 585 g/mol. The van der Waals surface area contributed by atoms with Crippen LogP contribution >= 0.6 is 34.5 Å². The summed E-state index contributed by atoms with van der Waals surface area (Å²) in [7, 11) is 0. The number of thiazole rings is 1. The number of aliphatic carboxylic acids is 1. The molecule has 8 nitrogen and oxygen atoms in total. The number of piperidine rings is 1. The molecule has 2 aromatic carbocycles. The number of imidazole rings is 1. The van der Waals surface area contributed by atoms with Crippen molar-refractivity contribution < 1.29 is 14.7 Å². The van der Waals surface area contributed by atoms with E-state index in [4.69, 9.17) is 28.2 Å². The van der Waals surface area contributed by atoms with E-state index in [-0.39, 0.29) is 18.2 Å². The van der Waals surface area contributed by atoms with Gasteiger partial charge < -0.3 is 19.9 Å². The maximum atomic E-state index is 13.0. The van der Waals surface area contributed by atoms with Gasteiger partial charge in [-0.2, -0.15) is 0 Å². The summed E-state index contributed by atoms with van der Waals surface area (Å²) in [5.74, 6) is -1.58. The van der Waals surface area contributed by atoms with Gasteiger partial charge in [-0.25, -0.2) is 14.8 Å². The van der Waals surface area contributed by atoms with Gasteiger partial charge in [0.05, 0.1) is 27.8 Å². The molecule has 202 valence electrons. The van der Waals surface area contributed by atoms with Crippen molar-refractivity contribution in [2.45, 2.75) is 31.8 Å². The van der Waals surface area contributed by atoms with Crippen LogP contribution in [0.2, 0.25) is 10.0 Å². The first-order chi connectivity index (χ1) is 18.9. The minimum atomic E-state index is -1.08. The van der Waals surface area contributed by atoms with E-state index in [1.807, 2.05) is 58.6 Å². The van der Waals surface area contributed by atoms with E-state index in [2.05, 4.69) is 15.2 Å². The Morgan fingerprint density at radius 1 is 1.10 bits per heavy atom. The van der Waals surface area contributed by atoms with Gasteiger partial charge in [-0.1, -0.05) is 65.7 Å². The number of nitrogens with one attached hydrogen (secondary N) is 1. The number of carboxylic acids is 1. The zero-order chi connectivity index (χ0) is 27.4. The van der Waals surface area contributed by atoms with Gasteiger partial charge in [0.1, 0.15) is 6.04 Å². The second-order valence-corrected chi connectivity index (χ2v) is 11.1. The zero-order valence-corrected chi connectivity index (χ0v) is 23.3. The monoisotopic (exact) mass is 583 g/mol. The summed E-state index contributed by atoms with van der Waals surface area (Å²) in [4.78, 5) is 36.2. The van der Waals surface area contributed by atoms with E-state index >= 15 is 0 Å². The second kappa shape index (κ2) is 12.2. The molecule has 5 rings (SSSR count). The van der Waals surface area contributed by atoms with Crippen LogP contribution in [0.4, 0.5) is 5.13 Å². The van der Waals surface area contributed by atoms with E-state index < -0.39 is 12.0 Å². The van der Waals surface area contributed by atoms with E-state index in [1.54, 1.807) is 12.4 Å². The van der Waals surface area contributed by atoms with Crippen molar-refractivity contribution in [1.29, 1.82) is 0 Å². The van der Waals surface area contributed by atoms with E-state index in [0.29, 0.717) is 48.2 Å². The van der Waals surface area contributed by atoms with Crippen LogP contribution in [-0.4, -0.2) is 50.6 Å². The van der Waals surface area contributed by atoms with Crippen LogP contribution in [0.15, 0.2) is 66.4 Å². The number of carboxylic acid groups (broad SMARTS) is 1. The predicted octanol–water partition coefficient (Wildman–Crippen LogP) is 5.39. The molecule has 2 N–H and O–H groups in total. The fourth-order valence-corrected chi connectivity index (χ4v) is 5.94. The van der Waals surface area contributed by atoms with E-state index in [1.165, 1.54) is 11.3 Å². The van der Waals surface area contributed by atoms with Crippen LogP contribution in [0.3, 0.4) is 0 Å². The standard InChI is InChI=1S/C28H27Cl2N5O3S/c29-22-8-4-7-21(25(22)30)24-16-39-28(33-24)35-11-9-19(10-12-35)26(36)32-23(27(37)38)13-20-15-34(17-31-20)14-18-5-2-1-3-6-18/h1-8,15-17,19,23H,9-14H2,(H,32,36)(H,37,38)/t23-/m0/s1. The SMILES string of the molecule is O=C(N[C@@H](Cc1cn(Cc2ccccc2)cn1)C(=O)O)C1CCN(c2nc(-c3cccc(Cl)c3Cl)cs2)CC1. The molecule has 1 aliphatic heterocycles. The molecule has 0 unspecified atom stereocenters. The Balaban J connectivity index is 1.15. The molecular formula is C28H27Cl2N5O3S. The summed E-state index contributed by atoms with van der Waals surface area (Å²) in [5, 5.41) is 16.3. The third-order valence-corrected chi connectivity index (χ3v) is 8.50. The highest BCUT2D eigenvalue weighted by Crippen LogP contribution is 2.36. The molecule has 1 saturated heterocycles. The molecule has 4 aromatic rings. The summed E-state index contributed by atoms with van der Waals surface area (Å²) in [6.45, 7) is 1.94. The predicted molar refractivity (Wildman–Crippen MR) is 154 cm³/mol. The van der Waals surface area contributed by atoms with Crippen LogP contribution < -0.4 is 10.2 Å². The number of halogens is 2. The minimum absolute atomic E-state index is 0.121. The van der Waals surface area contributed by atoms with Crippen LogP contribution in [0.1, 0.15) is 24.1 Å². The second-order valence-electron chi connectivity index (χ2n) is 9.50.